The van der Waals surface area contributed by atoms with Crippen molar-refractivity contribution in [1.29, 1.82) is 0 Å². The maximum Gasteiger partial charge on any atom is 0.255 e. The number of hydrogen-bond acceptors (Lipinski definition) is 3. The molecule has 2 rings (SSSR count). The molecule has 21 heavy (non-hydrogen) atoms. The molecule has 5 nitrogen and oxygen atoms in total. The Morgan fingerprint density at radius 3 is 2.71 bits per heavy atom. The number of nitrogens with two attached hydrogens (primary N) is 1. The molecule has 1 aromatic carbocycles. The molecule has 0 bridgehead atoms. The molecular weight excluding hydrogens is 380 g/mol. The number of rotatable bonds is 2. The van der Waals surface area contributed by atoms with E-state index in [-0.39, 0.29) is 21.4 Å². The van der Waals surface area contributed by atoms with Crippen LogP contribution < -0.4 is 5.14 Å². The molecule has 1 aromatic rings. The third kappa shape index (κ3) is 3.77. The molecule has 1 aliphatic heterocycles. The first kappa shape index (κ1) is 16.7. The molecule has 1 unspecified atom stereocenters. The third-order valence-electron chi connectivity index (χ3n) is 3.50. The lowest BCUT2D eigenvalue weighted by Gasteiger charge is -2.31. The largest absolute Gasteiger partial charge is 0.338 e. The zero-order valence-electron chi connectivity index (χ0n) is 11.5. The Hall–Kier alpha value is -0.630. The molecule has 0 aromatic heterocycles. The van der Waals surface area contributed by atoms with Crippen molar-refractivity contribution in [3.05, 3.63) is 27.2 Å². The molecule has 8 heteroatoms. The van der Waals surface area contributed by atoms with Gasteiger partial charge in [-0.1, -0.05) is 18.5 Å². The lowest BCUT2D eigenvalue weighted by Crippen LogP contribution is -2.39. The predicted octanol–water partition coefficient (Wildman–Crippen LogP) is 2.62. The van der Waals surface area contributed by atoms with E-state index in [0.717, 1.165) is 12.8 Å². The van der Waals surface area contributed by atoms with Crippen LogP contribution in [0.15, 0.2) is 21.5 Å². The maximum absolute atomic E-state index is 12.6. The molecule has 0 radical (unpaired) electrons. The molecule has 1 aliphatic rings. The number of piperidine rings is 1. The monoisotopic (exact) mass is 394 g/mol. The van der Waals surface area contributed by atoms with E-state index >= 15 is 0 Å². The molecule has 1 fully saturated rings. The number of amides is 1. The number of likely N-dealkylation sites (tertiary alicyclic amines) is 1. The van der Waals surface area contributed by atoms with Crippen molar-refractivity contribution < 1.29 is 13.2 Å². The van der Waals surface area contributed by atoms with Crippen LogP contribution in [0.5, 0.6) is 0 Å². The van der Waals surface area contributed by atoms with Crippen LogP contribution in [0.1, 0.15) is 30.1 Å². The highest BCUT2D eigenvalue weighted by atomic mass is 79.9. The minimum Gasteiger partial charge on any atom is -0.338 e. The molecule has 1 amide bonds. The van der Waals surface area contributed by atoms with Crippen LogP contribution in [0.2, 0.25) is 5.02 Å². The summed E-state index contributed by atoms with van der Waals surface area (Å²) in [4.78, 5) is 14.2. The van der Waals surface area contributed by atoms with Gasteiger partial charge in [0.1, 0.15) is 0 Å². The van der Waals surface area contributed by atoms with Gasteiger partial charge in [-0.05, 0) is 46.8 Å². The third-order valence-corrected chi connectivity index (χ3v) is 5.66. The number of carbonyl (C=O) groups is 1. The number of hydrogen-bond donors (Lipinski definition) is 1. The van der Waals surface area contributed by atoms with Gasteiger partial charge < -0.3 is 4.90 Å². The molecule has 0 aliphatic carbocycles. The SMILES string of the molecule is CC1CCCN(C(=O)c2cc(S(N)(=O)=O)cc(Br)c2Cl)C1. The summed E-state index contributed by atoms with van der Waals surface area (Å²) < 4.78 is 23.3. The molecule has 2 N–H and O–H groups in total. The van der Waals surface area contributed by atoms with Crippen LogP contribution >= 0.6 is 27.5 Å². The summed E-state index contributed by atoms with van der Waals surface area (Å²) in [6.07, 6.45) is 2.01. The van der Waals surface area contributed by atoms with E-state index in [2.05, 4.69) is 22.9 Å². The first-order valence-corrected chi connectivity index (χ1v) is 9.23. The number of sulfonamides is 1. The van der Waals surface area contributed by atoms with E-state index in [0.29, 0.717) is 23.5 Å². The van der Waals surface area contributed by atoms with Gasteiger partial charge >= 0.3 is 0 Å². The van der Waals surface area contributed by atoms with E-state index in [4.69, 9.17) is 16.7 Å². The standard InChI is InChI=1S/C13H16BrClN2O3S/c1-8-3-2-4-17(7-8)13(18)10-5-9(21(16,19)20)6-11(14)12(10)15/h5-6,8H,2-4,7H2,1H3,(H2,16,19,20). The minimum absolute atomic E-state index is 0.132. The summed E-state index contributed by atoms with van der Waals surface area (Å²) in [5, 5.41) is 5.33. The number of carbonyl (C=O) groups excluding carboxylic acids is 1. The molecule has 1 saturated heterocycles. The van der Waals surface area contributed by atoms with Gasteiger partial charge in [0.15, 0.2) is 0 Å². The lowest BCUT2D eigenvalue weighted by molar-refractivity contribution is 0.0683. The average Bonchev–Trinajstić information content (AvgIpc) is 2.39. The second kappa shape index (κ2) is 6.24. The number of nitrogens with zero attached hydrogens (tertiary/aromatic N) is 1. The summed E-state index contributed by atoms with van der Waals surface area (Å²) in [6.45, 7) is 3.38. The van der Waals surface area contributed by atoms with Gasteiger partial charge in [0.25, 0.3) is 5.91 Å². The summed E-state index contributed by atoms with van der Waals surface area (Å²) in [7, 11) is -3.90. The fraction of sp³-hybridized carbons (Fsp3) is 0.462. The fourth-order valence-electron chi connectivity index (χ4n) is 2.43. The highest BCUT2D eigenvalue weighted by Gasteiger charge is 2.26. The Morgan fingerprint density at radius 2 is 2.14 bits per heavy atom. The summed E-state index contributed by atoms with van der Waals surface area (Å²) >= 11 is 9.31. The van der Waals surface area contributed by atoms with Gasteiger partial charge in [0.05, 0.1) is 15.5 Å². The molecule has 1 heterocycles. The molecule has 0 spiro atoms. The molecule has 116 valence electrons. The van der Waals surface area contributed by atoms with Crippen LogP contribution in [0, 0.1) is 5.92 Å². The van der Waals surface area contributed by atoms with Crippen LogP contribution in [-0.2, 0) is 10.0 Å². The predicted molar refractivity (Wildman–Crippen MR) is 84.8 cm³/mol. The van der Waals surface area contributed by atoms with Crippen molar-refractivity contribution in [2.24, 2.45) is 11.1 Å². The summed E-state index contributed by atoms with van der Waals surface area (Å²) in [5.41, 5.74) is 0.157. The quantitative estimate of drug-likeness (QED) is 0.836. The normalized spacial score (nSPS) is 19.6. The smallest absolute Gasteiger partial charge is 0.255 e. The first-order valence-electron chi connectivity index (χ1n) is 6.51. The average molecular weight is 396 g/mol. The zero-order valence-corrected chi connectivity index (χ0v) is 14.6. The van der Waals surface area contributed by atoms with Gasteiger partial charge in [-0.15, -0.1) is 0 Å². The number of benzene rings is 1. The van der Waals surface area contributed by atoms with Crippen LogP contribution in [0.4, 0.5) is 0 Å². The number of primary sulfonamides is 1. The number of halogens is 2. The van der Waals surface area contributed by atoms with Crippen LogP contribution in [-0.4, -0.2) is 32.3 Å². The van der Waals surface area contributed by atoms with E-state index in [1.54, 1.807) is 4.90 Å². The second-order valence-electron chi connectivity index (χ2n) is 5.31. The van der Waals surface area contributed by atoms with Gasteiger partial charge in [-0.25, -0.2) is 13.6 Å². The Morgan fingerprint density at radius 1 is 1.48 bits per heavy atom. The fourth-order valence-corrected chi connectivity index (χ4v) is 3.79. The highest BCUT2D eigenvalue weighted by molar-refractivity contribution is 9.10. The van der Waals surface area contributed by atoms with Crippen LogP contribution in [0.25, 0.3) is 0 Å². The highest BCUT2D eigenvalue weighted by Crippen LogP contribution is 2.31. The van der Waals surface area contributed by atoms with Gasteiger partial charge in [0.2, 0.25) is 10.0 Å². The van der Waals surface area contributed by atoms with Crippen molar-refractivity contribution in [2.75, 3.05) is 13.1 Å². The molecular formula is C13H16BrClN2O3S. The Kier molecular flexibility index (Phi) is 4.97. The van der Waals surface area contributed by atoms with Crippen LogP contribution in [0.3, 0.4) is 0 Å². The van der Waals surface area contributed by atoms with Gasteiger partial charge in [-0.3, -0.25) is 4.79 Å². The van der Waals surface area contributed by atoms with E-state index in [9.17, 15) is 13.2 Å². The summed E-state index contributed by atoms with van der Waals surface area (Å²) in [6, 6.07) is 2.54. The Balaban J connectivity index is 2.43. The molecule has 0 saturated carbocycles. The minimum atomic E-state index is -3.90. The Bertz CT molecular complexity index is 678. The first-order chi connectivity index (χ1) is 9.70. The zero-order chi connectivity index (χ0) is 15.8. The lowest BCUT2D eigenvalue weighted by atomic mass is 9.99. The van der Waals surface area contributed by atoms with Crippen molar-refractivity contribution in [1.82, 2.24) is 4.90 Å². The van der Waals surface area contributed by atoms with E-state index in [1.807, 2.05) is 0 Å². The second-order valence-corrected chi connectivity index (χ2v) is 8.10. The summed E-state index contributed by atoms with van der Waals surface area (Å²) in [5.74, 6) is 0.157. The van der Waals surface area contributed by atoms with Crippen molar-refractivity contribution >= 4 is 43.5 Å². The van der Waals surface area contributed by atoms with E-state index < -0.39 is 10.0 Å². The van der Waals surface area contributed by atoms with Crippen molar-refractivity contribution in [3.8, 4) is 0 Å². The Labute approximate surface area is 137 Å². The van der Waals surface area contributed by atoms with Crippen molar-refractivity contribution in [2.45, 2.75) is 24.7 Å². The van der Waals surface area contributed by atoms with E-state index in [1.165, 1.54) is 12.1 Å². The molecule has 1 atom stereocenters. The maximum atomic E-state index is 12.6. The van der Waals surface area contributed by atoms with Gasteiger partial charge in [0, 0.05) is 17.6 Å². The van der Waals surface area contributed by atoms with Gasteiger partial charge in [-0.2, -0.15) is 0 Å². The topological polar surface area (TPSA) is 80.5 Å². The van der Waals surface area contributed by atoms with Crippen molar-refractivity contribution in [3.63, 3.8) is 0 Å².